The van der Waals surface area contributed by atoms with Gasteiger partial charge in [-0.3, -0.25) is 4.79 Å². The van der Waals surface area contributed by atoms with Gasteiger partial charge < -0.3 is 14.2 Å². The van der Waals surface area contributed by atoms with E-state index < -0.39 is 0 Å². The number of para-hydroxylation sites is 2. The highest BCUT2D eigenvalue weighted by molar-refractivity contribution is 5.95. The van der Waals surface area contributed by atoms with Crippen LogP contribution in [-0.4, -0.2) is 40.6 Å². The molecular formula is C29H31N3O2. The minimum atomic E-state index is 0.104. The van der Waals surface area contributed by atoms with Gasteiger partial charge in [-0.05, 0) is 67.6 Å². The normalized spacial score (nSPS) is 14.5. The van der Waals surface area contributed by atoms with Gasteiger partial charge in [0.2, 0.25) is 0 Å². The Balaban J connectivity index is 1.37. The van der Waals surface area contributed by atoms with Crippen LogP contribution in [0.25, 0.3) is 11.0 Å². The zero-order valence-corrected chi connectivity index (χ0v) is 20.1. The second-order valence-electron chi connectivity index (χ2n) is 9.22. The Hall–Kier alpha value is -3.60. The number of methoxy groups -OCH3 is 1. The van der Waals surface area contributed by atoms with E-state index in [1.54, 1.807) is 7.11 Å². The molecule has 174 valence electrons. The minimum Gasteiger partial charge on any atom is -0.496 e. The first-order valence-corrected chi connectivity index (χ1v) is 12.0. The van der Waals surface area contributed by atoms with Crippen molar-refractivity contribution in [1.29, 1.82) is 0 Å². The van der Waals surface area contributed by atoms with Crippen molar-refractivity contribution in [3.05, 3.63) is 94.8 Å². The fourth-order valence-electron chi connectivity index (χ4n) is 5.31. The first kappa shape index (κ1) is 22.2. The summed E-state index contributed by atoms with van der Waals surface area (Å²) in [5, 5.41) is 0. The molecule has 2 heterocycles. The van der Waals surface area contributed by atoms with Crippen molar-refractivity contribution in [1.82, 2.24) is 14.5 Å². The molecule has 4 aromatic rings. The van der Waals surface area contributed by atoms with Gasteiger partial charge in [0.1, 0.15) is 11.6 Å². The molecule has 0 unspecified atom stereocenters. The van der Waals surface area contributed by atoms with Gasteiger partial charge >= 0.3 is 0 Å². The first-order valence-electron chi connectivity index (χ1n) is 12.0. The summed E-state index contributed by atoms with van der Waals surface area (Å²) in [7, 11) is 1.67. The van der Waals surface area contributed by atoms with E-state index in [-0.39, 0.29) is 5.91 Å². The number of rotatable bonds is 5. The number of fused-ring (bicyclic) bond motifs is 1. The summed E-state index contributed by atoms with van der Waals surface area (Å²) < 4.78 is 7.89. The summed E-state index contributed by atoms with van der Waals surface area (Å²) >= 11 is 0. The number of aromatic nitrogens is 2. The van der Waals surface area contributed by atoms with Crippen LogP contribution in [0.2, 0.25) is 0 Å². The molecule has 0 aliphatic carbocycles. The third kappa shape index (κ3) is 4.18. The smallest absolute Gasteiger partial charge is 0.253 e. The molecule has 0 radical (unpaired) electrons. The average Bonchev–Trinajstić information content (AvgIpc) is 3.22. The van der Waals surface area contributed by atoms with Crippen LogP contribution in [0.1, 0.15) is 51.8 Å². The molecule has 1 saturated heterocycles. The number of piperidine rings is 1. The molecule has 0 spiro atoms. The molecular weight excluding hydrogens is 422 g/mol. The van der Waals surface area contributed by atoms with Crippen molar-refractivity contribution in [2.45, 2.75) is 39.2 Å². The third-order valence-electron chi connectivity index (χ3n) is 6.90. The molecule has 1 aliphatic heterocycles. The van der Waals surface area contributed by atoms with Crippen molar-refractivity contribution in [3.63, 3.8) is 0 Å². The molecule has 0 bridgehead atoms. The summed E-state index contributed by atoms with van der Waals surface area (Å²) in [5.74, 6) is 2.05. The van der Waals surface area contributed by atoms with E-state index >= 15 is 0 Å². The van der Waals surface area contributed by atoms with Gasteiger partial charge in [-0.2, -0.15) is 0 Å². The fourth-order valence-corrected chi connectivity index (χ4v) is 5.31. The average molecular weight is 454 g/mol. The summed E-state index contributed by atoms with van der Waals surface area (Å²) in [6.45, 7) is 5.47. The Bertz CT molecular complexity index is 1290. The van der Waals surface area contributed by atoms with E-state index in [1.807, 2.05) is 43.0 Å². The molecule has 0 N–H and O–H groups in total. The molecule has 0 atom stereocenters. The number of nitrogens with zero attached hydrogens (tertiary/aromatic N) is 3. The van der Waals surface area contributed by atoms with Crippen molar-refractivity contribution >= 4 is 16.9 Å². The molecule has 3 aromatic carbocycles. The Morgan fingerprint density at radius 2 is 1.62 bits per heavy atom. The van der Waals surface area contributed by atoms with Gasteiger partial charge in [-0.1, -0.05) is 42.5 Å². The number of likely N-dealkylation sites (tertiary alicyclic amines) is 1. The lowest BCUT2D eigenvalue weighted by Gasteiger charge is -2.34. The summed E-state index contributed by atoms with van der Waals surface area (Å²) in [4.78, 5) is 20.3. The van der Waals surface area contributed by atoms with Crippen LogP contribution >= 0.6 is 0 Å². The lowest BCUT2D eigenvalue weighted by Crippen LogP contribution is -2.39. The molecule has 34 heavy (non-hydrogen) atoms. The van der Waals surface area contributed by atoms with Crippen LogP contribution in [0.4, 0.5) is 0 Å². The molecule has 1 fully saturated rings. The van der Waals surface area contributed by atoms with Crippen molar-refractivity contribution < 1.29 is 9.53 Å². The number of ether oxygens (including phenoxy) is 1. The number of aryl methyl sites for hydroxylation is 2. The number of benzene rings is 3. The Labute approximate surface area is 201 Å². The highest BCUT2D eigenvalue weighted by Crippen LogP contribution is 2.31. The van der Waals surface area contributed by atoms with Crippen LogP contribution in [-0.2, 0) is 6.42 Å². The van der Waals surface area contributed by atoms with Gasteiger partial charge in [0.15, 0.2) is 0 Å². The maximum atomic E-state index is 13.3. The molecule has 1 amide bonds. The number of carbonyl (C=O) groups excluding carboxylic acids is 1. The van der Waals surface area contributed by atoms with E-state index in [0.717, 1.165) is 66.1 Å². The maximum absolute atomic E-state index is 13.3. The van der Waals surface area contributed by atoms with Gasteiger partial charge in [-0.15, -0.1) is 0 Å². The van der Waals surface area contributed by atoms with Crippen molar-refractivity contribution in [3.8, 4) is 5.75 Å². The maximum Gasteiger partial charge on any atom is 0.253 e. The van der Waals surface area contributed by atoms with E-state index in [9.17, 15) is 4.79 Å². The second kappa shape index (κ2) is 9.34. The minimum absolute atomic E-state index is 0.104. The molecule has 0 saturated carbocycles. The van der Waals surface area contributed by atoms with E-state index in [4.69, 9.17) is 9.72 Å². The fraction of sp³-hybridized carbons (Fsp3) is 0.310. The highest BCUT2D eigenvalue weighted by atomic mass is 16.5. The third-order valence-corrected chi connectivity index (χ3v) is 6.90. The Morgan fingerprint density at radius 1 is 0.971 bits per heavy atom. The standard InChI is InChI=1S/C29H31N3O2/c1-20-17-23(18-21(2)28(20)34-3)29(33)31-15-13-24(14-16-31)32-26-12-8-7-11-25(26)30-27(32)19-22-9-5-4-6-10-22/h4-12,17-18,24H,13-16,19H2,1-3H3. The van der Waals surface area contributed by atoms with Gasteiger partial charge in [0.25, 0.3) is 5.91 Å². The van der Waals surface area contributed by atoms with Crippen LogP contribution in [0.3, 0.4) is 0 Å². The lowest BCUT2D eigenvalue weighted by molar-refractivity contribution is 0.0695. The number of carbonyl (C=O) groups is 1. The van der Waals surface area contributed by atoms with Crippen LogP contribution in [0.5, 0.6) is 5.75 Å². The summed E-state index contributed by atoms with van der Waals surface area (Å²) in [6.07, 6.45) is 2.64. The summed E-state index contributed by atoms with van der Waals surface area (Å²) in [5.41, 5.74) is 6.21. The highest BCUT2D eigenvalue weighted by Gasteiger charge is 2.27. The lowest BCUT2D eigenvalue weighted by atomic mass is 10.0. The quantitative estimate of drug-likeness (QED) is 0.388. The SMILES string of the molecule is COc1c(C)cc(C(=O)N2CCC(n3c(Cc4ccccc4)nc4ccccc43)CC2)cc1C. The predicted octanol–water partition coefficient (Wildman–Crippen LogP) is 5.73. The van der Waals surface area contributed by atoms with Gasteiger partial charge in [-0.25, -0.2) is 4.98 Å². The van der Waals surface area contributed by atoms with Crippen LogP contribution in [0, 0.1) is 13.8 Å². The largest absolute Gasteiger partial charge is 0.496 e. The molecule has 1 aromatic heterocycles. The number of imidazole rings is 1. The Morgan fingerprint density at radius 3 is 2.29 bits per heavy atom. The number of hydrogen-bond acceptors (Lipinski definition) is 3. The van der Waals surface area contributed by atoms with Crippen LogP contribution in [0.15, 0.2) is 66.7 Å². The topological polar surface area (TPSA) is 47.4 Å². The monoisotopic (exact) mass is 453 g/mol. The summed E-state index contributed by atoms with van der Waals surface area (Å²) in [6, 6.07) is 23.1. The zero-order valence-electron chi connectivity index (χ0n) is 20.1. The second-order valence-corrected chi connectivity index (χ2v) is 9.22. The van der Waals surface area contributed by atoms with E-state index in [0.29, 0.717) is 6.04 Å². The molecule has 5 nitrogen and oxygen atoms in total. The first-order chi connectivity index (χ1) is 16.5. The molecule has 5 rings (SSSR count). The molecule has 1 aliphatic rings. The van der Waals surface area contributed by atoms with Crippen molar-refractivity contribution in [2.75, 3.05) is 20.2 Å². The van der Waals surface area contributed by atoms with Gasteiger partial charge in [0.05, 0.1) is 18.1 Å². The number of hydrogen-bond donors (Lipinski definition) is 0. The van der Waals surface area contributed by atoms with Crippen LogP contribution < -0.4 is 4.74 Å². The number of amides is 1. The van der Waals surface area contributed by atoms with Gasteiger partial charge in [0, 0.05) is 31.1 Å². The Kier molecular flexibility index (Phi) is 6.10. The van der Waals surface area contributed by atoms with E-state index in [1.165, 1.54) is 11.1 Å². The molecule has 5 heteroatoms. The predicted molar refractivity (Wildman–Crippen MR) is 136 cm³/mol. The van der Waals surface area contributed by atoms with E-state index in [2.05, 4.69) is 47.0 Å². The van der Waals surface area contributed by atoms with Crippen molar-refractivity contribution in [2.24, 2.45) is 0 Å². The zero-order chi connectivity index (χ0) is 23.7.